The van der Waals surface area contributed by atoms with Crippen LogP contribution in [0.1, 0.15) is 41.3 Å². The normalized spacial score (nSPS) is 23.2. The van der Waals surface area contributed by atoms with Crippen LogP contribution >= 0.6 is 11.3 Å². The van der Waals surface area contributed by atoms with E-state index in [0.717, 1.165) is 24.0 Å². The quantitative estimate of drug-likeness (QED) is 0.654. The fourth-order valence-corrected chi connectivity index (χ4v) is 3.70. The van der Waals surface area contributed by atoms with Gasteiger partial charge in [-0.1, -0.05) is 6.92 Å². The highest BCUT2D eigenvalue weighted by Gasteiger charge is 2.36. The van der Waals surface area contributed by atoms with E-state index < -0.39 is 0 Å². The summed E-state index contributed by atoms with van der Waals surface area (Å²) in [7, 11) is 0. The molecule has 25 heavy (non-hydrogen) atoms. The predicted molar refractivity (Wildman–Crippen MR) is 95.4 cm³/mol. The van der Waals surface area contributed by atoms with Crippen LogP contribution in [0.3, 0.4) is 0 Å². The van der Waals surface area contributed by atoms with Crippen molar-refractivity contribution in [3.05, 3.63) is 34.7 Å². The highest BCUT2D eigenvalue weighted by molar-refractivity contribution is 7.13. The molecule has 2 atom stereocenters. The first-order valence-electron chi connectivity index (χ1n) is 8.42. The molecule has 1 aliphatic heterocycles. The lowest BCUT2D eigenvalue weighted by Gasteiger charge is -2.25. The van der Waals surface area contributed by atoms with Crippen LogP contribution < -0.4 is 10.3 Å². The average Bonchev–Trinajstić information content (AvgIpc) is 3.07. The van der Waals surface area contributed by atoms with Crippen LogP contribution in [0, 0.1) is 5.92 Å². The summed E-state index contributed by atoms with van der Waals surface area (Å²) in [6.45, 7) is 5.19. The van der Waals surface area contributed by atoms with E-state index in [1.165, 1.54) is 24.0 Å². The van der Waals surface area contributed by atoms with Gasteiger partial charge in [-0.15, -0.1) is 11.3 Å². The van der Waals surface area contributed by atoms with Crippen LogP contribution in [-0.4, -0.2) is 43.4 Å². The van der Waals surface area contributed by atoms with Gasteiger partial charge < -0.3 is 14.1 Å². The van der Waals surface area contributed by atoms with Crippen molar-refractivity contribution < 1.29 is 13.9 Å². The summed E-state index contributed by atoms with van der Waals surface area (Å²) in [5.41, 5.74) is 2.87. The molecule has 1 saturated carbocycles. The van der Waals surface area contributed by atoms with E-state index >= 15 is 0 Å². The molecule has 2 aliphatic rings. The molecule has 0 radical (unpaired) electrons. The summed E-state index contributed by atoms with van der Waals surface area (Å²) < 4.78 is 11.0. The van der Waals surface area contributed by atoms with E-state index in [2.05, 4.69) is 27.3 Å². The third kappa shape index (κ3) is 3.74. The zero-order valence-electron chi connectivity index (χ0n) is 14.0. The van der Waals surface area contributed by atoms with Gasteiger partial charge in [0.15, 0.2) is 5.13 Å². The average molecular weight is 360 g/mol. The number of ether oxygens (including phenoxy) is 1. The first-order valence-corrected chi connectivity index (χ1v) is 9.30. The molecular formula is C17H20N4O3S. The number of nitrogens with one attached hydrogen (secondary N) is 1. The minimum absolute atomic E-state index is 0.324. The molecule has 8 heteroatoms. The second-order valence-electron chi connectivity index (χ2n) is 6.37. The van der Waals surface area contributed by atoms with E-state index in [4.69, 9.17) is 9.15 Å². The van der Waals surface area contributed by atoms with Crippen LogP contribution in [0.5, 0.6) is 0 Å². The maximum Gasteiger partial charge on any atom is 0.290 e. The number of thiazole rings is 1. The van der Waals surface area contributed by atoms with Gasteiger partial charge in [0, 0.05) is 24.4 Å². The van der Waals surface area contributed by atoms with Crippen LogP contribution in [0.25, 0.3) is 0 Å². The molecule has 0 spiro atoms. The van der Waals surface area contributed by atoms with E-state index in [0.29, 0.717) is 36.5 Å². The Morgan fingerprint density at radius 3 is 3.00 bits per heavy atom. The molecule has 2 aromatic heterocycles. The molecule has 3 heterocycles. The van der Waals surface area contributed by atoms with Crippen molar-refractivity contribution in [1.82, 2.24) is 10.4 Å². The van der Waals surface area contributed by atoms with Crippen LogP contribution in [0.2, 0.25) is 0 Å². The number of aromatic nitrogens is 1. The SMILES string of the molecule is C[C@H]1C[C@H]1c1ccc(/C=N\NC(=O)c2csc(N3CCOCC3)n2)o1. The van der Waals surface area contributed by atoms with Gasteiger partial charge in [0.1, 0.15) is 17.2 Å². The van der Waals surface area contributed by atoms with Gasteiger partial charge in [0.05, 0.1) is 19.4 Å². The Bertz CT molecular complexity index is 778. The van der Waals surface area contributed by atoms with Crippen LogP contribution in [0.15, 0.2) is 27.0 Å². The Labute approximate surface area is 149 Å². The van der Waals surface area contributed by atoms with Crippen molar-refractivity contribution in [2.75, 3.05) is 31.2 Å². The molecular weight excluding hydrogens is 340 g/mol. The number of carbonyl (C=O) groups excluding carboxylic acids is 1. The Balaban J connectivity index is 1.32. The zero-order chi connectivity index (χ0) is 17.2. The van der Waals surface area contributed by atoms with Gasteiger partial charge in [-0.2, -0.15) is 5.10 Å². The number of carbonyl (C=O) groups is 1. The minimum atomic E-state index is -0.324. The van der Waals surface area contributed by atoms with Gasteiger partial charge in [0.2, 0.25) is 0 Å². The Hall–Kier alpha value is -2.19. The van der Waals surface area contributed by atoms with Gasteiger partial charge >= 0.3 is 0 Å². The molecule has 7 nitrogen and oxygen atoms in total. The molecule has 2 fully saturated rings. The summed E-state index contributed by atoms with van der Waals surface area (Å²) in [5, 5.41) is 6.55. The van der Waals surface area contributed by atoms with Crippen LogP contribution in [0.4, 0.5) is 5.13 Å². The molecule has 1 aliphatic carbocycles. The fraction of sp³-hybridized carbons (Fsp3) is 0.471. The monoisotopic (exact) mass is 360 g/mol. The Morgan fingerprint density at radius 1 is 1.44 bits per heavy atom. The number of nitrogens with zero attached hydrogens (tertiary/aromatic N) is 3. The second-order valence-corrected chi connectivity index (χ2v) is 7.21. The molecule has 2 aromatic rings. The Morgan fingerprint density at radius 2 is 2.24 bits per heavy atom. The van der Waals surface area contributed by atoms with Gasteiger partial charge in [0.25, 0.3) is 5.91 Å². The smallest absolute Gasteiger partial charge is 0.290 e. The molecule has 1 saturated heterocycles. The van der Waals surface area contributed by atoms with Gasteiger partial charge in [-0.05, 0) is 24.5 Å². The molecule has 4 rings (SSSR count). The van der Waals surface area contributed by atoms with E-state index in [-0.39, 0.29) is 5.91 Å². The molecule has 0 unspecified atom stereocenters. The zero-order valence-corrected chi connectivity index (χ0v) is 14.8. The maximum atomic E-state index is 12.1. The highest BCUT2D eigenvalue weighted by atomic mass is 32.1. The topological polar surface area (TPSA) is 80.0 Å². The number of morpholine rings is 1. The largest absolute Gasteiger partial charge is 0.460 e. The third-order valence-electron chi connectivity index (χ3n) is 4.49. The first-order chi connectivity index (χ1) is 12.2. The fourth-order valence-electron chi connectivity index (χ4n) is 2.84. The molecule has 132 valence electrons. The van der Waals surface area contributed by atoms with Gasteiger partial charge in [-0.25, -0.2) is 10.4 Å². The lowest BCUT2D eigenvalue weighted by molar-refractivity contribution is 0.0951. The lowest BCUT2D eigenvalue weighted by Crippen LogP contribution is -2.36. The number of rotatable bonds is 5. The van der Waals surface area contributed by atoms with Crippen molar-refractivity contribution in [2.24, 2.45) is 11.0 Å². The predicted octanol–water partition coefficient (Wildman–Crippen LogP) is 2.46. The second kappa shape index (κ2) is 6.97. The number of hydrazone groups is 1. The van der Waals surface area contributed by atoms with Crippen molar-refractivity contribution in [1.29, 1.82) is 0 Å². The number of amides is 1. The number of furan rings is 1. The summed E-state index contributed by atoms with van der Waals surface area (Å²) in [5.74, 6) is 2.54. The lowest BCUT2D eigenvalue weighted by atomic mass is 10.3. The summed E-state index contributed by atoms with van der Waals surface area (Å²) in [6, 6.07) is 3.85. The van der Waals surface area contributed by atoms with Gasteiger partial charge in [-0.3, -0.25) is 4.79 Å². The third-order valence-corrected chi connectivity index (χ3v) is 5.39. The molecule has 1 N–H and O–H groups in total. The van der Waals surface area contributed by atoms with E-state index in [1.54, 1.807) is 5.38 Å². The molecule has 0 aromatic carbocycles. The van der Waals surface area contributed by atoms with E-state index in [1.807, 2.05) is 12.1 Å². The number of anilines is 1. The number of hydrogen-bond acceptors (Lipinski definition) is 7. The molecule has 1 amide bonds. The maximum absolute atomic E-state index is 12.1. The highest BCUT2D eigenvalue weighted by Crippen LogP contribution is 2.47. The van der Waals surface area contributed by atoms with E-state index in [9.17, 15) is 4.79 Å². The minimum Gasteiger partial charge on any atom is -0.460 e. The first kappa shape index (κ1) is 16.3. The van der Waals surface area contributed by atoms with Crippen LogP contribution in [-0.2, 0) is 4.74 Å². The van der Waals surface area contributed by atoms with Crippen molar-refractivity contribution in [3.8, 4) is 0 Å². The Kier molecular flexibility index (Phi) is 4.54. The molecule has 0 bridgehead atoms. The standard InChI is InChI=1S/C17H20N4O3S/c1-11-8-13(11)15-3-2-12(24-15)9-18-20-16(22)14-10-25-17(19-14)21-4-6-23-7-5-21/h2-3,9-11,13H,4-8H2,1H3,(H,20,22)/b18-9-/t11-,13+/m0/s1. The van der Waals surface area contributed by atoms with Crippen molar-refractivity contribution >= 4 is 28.6 Å². The van der Waals surface area contributed by atoms with Crippen molar-refractivity contribution in [3.63, 3.8) is 0 Å². The number of hydrogen-bond donors (Lipinski definition) is 1. The summed E-state index contributed by atoms with van der Waals surface area (Å²) in [6.07, 6.45) is 2.69. The van der Waals surface area contributed by atoms with Crippen molar-refractivity contribution in [2.45, 2.75) is 19.3 Å². The summed E-state index contributed by atoms with van der Waals surface area (Å²) in [4.78, 5) is 18.6. The summed E-state index contributed by atoms with van der Waals surface area (Å²) >= 11 is 1.46.